The van der Waals surface area contributed by atoms with Crippen molar-refractivity contribution in [2.24, 2.45) is 17.8 Å². The molecule has 1 saturated heterocycles. The molecule has 1 N–H and O–H groups in total. The van der Waals surface area contributed by atoms with Crippen LogP contribution >= 0.6 is 0 Å². The van der Waals surface area contributed by atoms with E-state index in [0.29, 0.717) is 25.4 Å². The lowest BCUT2D eigenvalue weighted by molar-refractivity contribution is -0.198. The van der Waals surface area contributed by atoms with Crippen LogP contribution in [-0.2, 0) is 23.4 Å². The molecule has 0 radical (unpaired) electrons. The van der Waals surface area contributed by atoms with Crippen molar-refractivity contribution < 1.29 is 28.5 Å². The van der Waals surface area contributed by atoms with Gasteiger partial charge >= 0.3 is 5.97 Å². The Kier molecular flexibility index (Phi) is 7.95. The third-order valence-electron chi connectivity index (χ3n) is 6.22. The van der Waals surface area contributed by atoms with Crippen LogP contribution < -0.4 is 0 Å². The number of ether oxygens (including phenoxy) is 3. The molecule has 0 aromatic heterocycles. The average molecular weight is 427 g/mol. The van der Waals surface area contributed by atoms with Crippen LogP contribution in [0.1, 0.15) is 46.0 Å². The molecule has 0 bridgehead atoms. The van der Waals surface area contributed by atoms with Crippen molar-refractivity contribution in [1.82, 2.24) is 0 Å². The molecule has 3 rings (SSSR count). The molecule has 1 aliphatic carbocycles. The molecule has 0 amide bonds. The van der Waals surface area contributed by atoms with E-state index in [1.54, 1.807) is 0 Å². The van der Waals surface area contributed by atoms with Crippen LogP contribution in [0, 0.1) is 17.8 Å². The summed E-state index contributed by atoms with van der Waals surface area (Å²) in [5.41, 5.74) is 0. The Balaban J connectivity index is 1.71. The molecule has 29 heavy (non-hydrogen) atoms. The van der Waals surface area contributed by atoms with Crippen molar-refractivity contribution in [1.29, 1.82) is 0 Å². The van der Waals surface area contributed by atoms with Gasteiger partial charge in [0.1, 0.15) is 0 Å². The van der Waals surface area contributed by atoms with Gasteiger partial charge in [0.05, 0.1) is 12.2 Å². The van der Waals surface area contributed by atoms with Crippen LogP contribution in [0.2, 0.25) is 19.1 Å². The number of carboxylic acid groups (broad SMARTS) is 1. The zero-order valence-corrected chi connectivity index (χ0v) is 19.3. The number of carbonyl (C=O) groups is 1. The van der Waals surface area contributed by atoms with E-state index in [-0.39, 0.29) is 30.3 Å². The van der Waals surface area contributed by atoms with Gasteiger partial charge in [0.2, 0.25) is 0 Å². The van der Waals surface area contributed by atoms with Gasteiger partial charge in [-0.1, -0.05) is 26.0 Å². The normalized spacial score (nSPS) is 35.5. The fraction of sp³-hybridized carbons (Fsp3) is 0.864. The molecule has 6 atom stereocenters. The Morgan fingerprint density at radius 3 is 2.76 bits per heavy atom. The van der Waals surface area contributed by atoms with Gasteiger partial charge in [-0.3, -0.25) is 0 Å². The average Bonchev–Trinajstić information content (AvgIpc) is 2.81. The molecule has 1 unspecified atom stereocenters. The summed E-state index contributed by atoms with van der Waals surface area (Å²) in [6.07, 6.45) is 7.22. The molecule has 1 saturated carbocycles. The molecule has 166 valence electrons. The van der Waals surface area contributed by atoms with Crippen LogP contribution in [0.5, 0.6) is 0 Å². The van der Waals surface area contributed by atoms with Crippen molar-refractivity contribution in [3.05, 3.63) is 12.2 Å². The summed E-state index contributed by atoms with van der Waals surface area (Å²) in [4.78, 5) is 11.5. The summed E-state index contributed by atoms with van der Waals surface area (Å²) in [6, 6.07) is 1.12. The predicted molar refractivity (Wildman–Crippen MR) is 113 cm³/mol. The quantitative estimate of drug-likeness (QED) is 0.463. The molecule has 2 aliphatic heterocycles. The number of hydrogen-bond acceptors (Lipinski definition) is 5. The summed E-state index contributed by atoms with van der Waals surface area (Å²) >= 11 is 0. The third kappa shape index (κ3) is 6.37. The van der Waals surface area contributed by atoms with Crippen LogP contribution in [0.15, 0.2) is 12.2 Å². The first-order chi connectivity index (χ1) is 13.7. The minimum atomic E-state index is -1.76. The maximum absolute atomic E-state index is 11.5. The second kappa shape index (κ2) is 10.0. The first-order valence-electron chi connectivity index (χ1n) is 11.2. The molecule has 7 heteroatoms. The summed E-state index contributed by atoms with van der Waals surface area (Å²) in [5.74, 6) is 0.00622. The van der Waals surface area contributed by atoms with Crippen LogP contribution in [0.4, 0.5) is 0 Å². The molecule has 2 fully saturated rings. The fourth-order valence-corrected chi connectivity index (χ4v) is 7.76. The largest absolute Gasteiger partial charge is 0.479 e. The highest BCUT2D eigenvalue weighted by Gasteiger charge is 2.47. The number of hydrogen-bond donors (Lipinski definition) is 1. The van der Waals surface area contributed by atoms with Gasteiger partial charge in [-0.25, -0.2) is 4.79 Å². The highest BCUT2D eigenvalue weighted by Crippen LogP contribution is 2.41. The first-order valence-corrected chi connectivity index (χ1v) is 14.3. The van der Waals surface area contributed by atoms with Gasteiger partial charge in [0.15, 0.2) is 20.7 Å². The minimum Gasteiger partial charge on any atom is -0.479 e. The zero-order valence-electron chi connectivity index (χ0n) is 18.3. The highest BCUT2D eigenvalue weighted by atomic mass is 28.4. The van der Waals surface area contributed by atoms with Gasteiger partial charge in [-0.05, 0) is 44.3 Å². The maximum atomic E-state index is 11.5. The van der Waals surface area contributed by atoms with E-state index in [9.17, 15) is 9.90 Å². The highest BCUT2D eigenvalue weighted by molar-refractivity contribution is 6.71. The van der Waals surface area contributed by atoms with Crippen molar-refractivity contribution in [2.75, 3.05) is 13.2 Å². The molecular formula is C22H38O6Si. The number of rotatable bonds is 8. The lowest BCUT2D eigenvalue weighted by Gasteiger charge is -2.32. The Morgan fingerprint density at radius 2 is 2.10 bits per heavy atom. The van der Waals surface area contributed by atoms with Crippen molar-refractivity contribution in [3.63, 3.8) is 0 Å². The van der Waals surface area contributed by atoms with Gasteiger partial charge in [0.25, 0.3) is 0 Å². The van der Waals surface area contributed by atoms with E-state index in [4.69, 9.17) is 18.6 Å². The maximum Gasteiger partial charge on any atom is 0.333 e. The number of aliphatic carboxylic acids is 1. The van der Waals surface area contributed by atoms with Crippen molar-refractivity contribution >= 4 is 14.3 Å². The summed E-state index contributed by atoms with van der Waals surface area (Å²) in [6.45, 7) is 10.4. The predicted octanol–water partition coefficient (Wildman–Crippen LogP) is 4.21. The zero-order chi connectivity index (χ0) is 21.0. The fourth-order valence-electron chi connectivity index (χ4n) is 5.03. The van der Waals surface area contributed by atoms with E-state index >= 15 is 0 Å². The first kappa shape index (κ1) is 22.9. The molecule has 3 aliphatic rings. The topological polar surface area (TPSA) is 74.2 Å². The molecule has 2 heterocycles. The Bertz CT molecular complexity index is 572. The summed E-state index contributed by atoms with van der Waals surface area (Å²) < 4.78 is 24.7. The van der Waals surface area contributed by atoms with E-state index < -0.39 is 20.4 Å². The minimum absolute atomic E-state index is 0.0332. The van der Waals surface area contributed by atoms with Gasteiger partial charge < -0.3 is 23.7 Å². The molecular weight excluding hydrogens is 388 g/mol. The second-order valence-corrected chi connectivity index (χ2v) is 14.0. The van der Waals surface area contributed by atoms with E-state index in [2.05, 4.69) is 33.0 Å². The van der Waals surface area contributed by atoms with Gasteiger partial charge in [-0.15, -0.1) is 0 Å². The van der Waals surface area contributed by atoms with E-state index in [1.807, 2.05) is 6.08 Å². The molecule has 0 spiro atoms. The van der Waals surface area contributed by atoms with Crippen LogP contribution in [0.25, 0.3) is 0 Å². The molecule has 0 aromatic rings. The monoisotopic (exact) mass is 426 g/mol. The van der Waals surface area contributed by atoms with E-state index in [1.165, 1.54) is 0 Å². The summed E-state index contributed by atoms with van der Waals surface area (Å²) in [5, 5.41) is 9.44. The third-order valence-corrected chi connectivity index (χ3v) is 8.97. The smallest absolute Gasteiger partial charge is 0.333 e. The number of fused-ring (bicyclic) bond motifs is 1. The lowest BCUT2D eigenvalue weighted by atomic mass is 9.94. The molecule has 6 nitrogen and oxygen atoms in total. The van der Waals surface area contributed by atoms with Crippen LogP contribution in [0.3, 0.4) is 0 Å². The second-order valence-electron chi connectivity index (χ2n) is 9.78. The van der Waals surface area contributed by atoms with Gasteiger partial charge in [0, 0.05) is 37.9 Å². The van der Waals surface area contributed by atoms with Crippen molar-refractivity contribution in [2.45, 2.75) is 89.7 Å². The molecule has 0 aromatic carbocycles. The summed E-state index contributed by atoms with van der Waals surface area (Å²) in [7, 11) is -1.76. The Labute approximate surface area is 176 Å². The number of carboxylic acids is 1. The SMILES string of the molecule is CC(C)C[Si](C)(C)OC[C@@H]1[C@H]2C=CC[C@H](C(=O)O)O[C@H]2C[C@H]1OC1CCCCO1. The van der Waals surface area contributed by atoms with Crippen molar-refractivity contribution in [3.8, 4) is 0 Å². The Morgan fingerprint density at radius 1 is 1.31 bits per heavy atom. The van der Waals surface area contributed by atoms with Gasteiger partial charge in [-0.2, -0.15) is 0 Å². The lowest BCUT2D eigenvalue weighted by Crippen LogP contribution is -2.38. The van der Waals surface area contributed by atoms with Crippen LogP contribution in [-0.4, -0.2) is 57.2 Å². The van der Waals surface area contributed by atoms with E-state index in [0.717, 1.165) is 31.9 Å². The Hall–Kier alpha value is -0.733. The standard InChI is InChI=1S/C22H38O6Si/c1-15(2)14-29(3,4)26-13-17-16-8-7-9-18(22(23)24)27-19(16)12-20(17)28-21-10-5-6-11-25-21/h7-8,15-21H,5-6,9-14H2,1-4H3,(H,23,24)/t16-,17-,18-,19+,20-,21?/m1/s1.